The van der Waals surface area contributed by atoms with Crippen LogP contribution in [0.4, 0.5) is 0 Å². The first kappa shape index (κ1) is 12.3. The lowest BCUT2D eigenvalue weighted by molar-refractivity contribution is 0.715. The quantitative estimate of drug-likeness (QED) is 0.524. The molecule has 2 heteroatoms. The fraction of sp³-hybridized carbons (Fsp3) is 0.500. The highest BCUT2D eigenvalue weighted by molar-refractivity contribution is 9.10. The first-order valence-corrected chi connectivity index (χ1v) is 7.02. The van der Waals surface area contributed by atoms with E-state index in [1.54, 1.807) is 0 Å². The molecule has 0 aliphatic heterocycles. The predicted octanol–water partition coefficient (Wildman–Crippen LogP) is 5.08. The Morgan fingerprint density at radius 2 is 1.93 bits per heavy atom. The van der Waals surface area contributed by atoms with E-state index >= 15 is 0 Å². The minimum atomic E-state index is 0.952. The molecule has 14 heavy (non-hydrogen) atoms. The van der Waals surface area contributed by atoms with Crippen LogP contribution in [0.5, 0.6) is 0 Å². The zero-order valence-electron chi connectivity index (χ0n) is 8.52. The average Bonchev–Trinajstić information content (AvgIpc) is 2.20. The Balaban J connectivity index is 2.65. The summed E-state index contributed by atoms with van der Waals surface area (Å²) >= 11 is 7.03. The third-order valence-corrected chi connectivity index (χ3v) is 3.46. The summed E-state index contributed by atoms with van der Waals surface area (Å²) in [7, 11) is 0. The van der Waals surface area contributed by atoms with Crippen molar-refractivity contribution in [3.05, 3.63) is 33.8 Å². The number of benzene rings is 1. The molecule has 0 amide bonds. The minimum Gasteiger partial charge on any atom is -0.0876 e. The Morgan fingerprint density at radius 3 is 2.57 bits per heavy atom. The second-order valence-corrected chi connectivity index (χ2v) is 4.98. The molecule has 0 saturated heterocycles. The van der Waals surface area contributed by atoms with Crippen LogP contribution in [0, 0.1) is 0 Å². The fourth-order valence-corrected chi connectivity index (χ4v) is 2.46. The topological polar surface area (TPSA) is 0 Å². The maximum absolute atomic E-state index is 3.53. The molecule has 0 bridgehead atoms. The van der Waals surface area contributed by atoms with Gasteiger partial charge < -0.3 is 0 Å². The van der Waals surface area contributed by atoms with E-state index in [1.807, 2.05) is 0 Å². The van der Waals surface area contributed by atoms with Gasteiger partial charge in [-0.15, -0.1) is 0 Å². The second-order valence-electron chi connectivity index (χ2n) is 3.50. The van der Waals surface area contributed by atoms with Crippen LogP contribution in [0.25, 0.3) is 0 Å². The molecule has 0 unspecified atom stereocenters. The Kier molecular flexibility index (Phi) is 5.80. The minimum absolute atomic E-state index is 0.952. The van der Waals surface area contributed by atoms with Gasteiger partial charge >= 0.3 is 0 Å². The number of alkyl halides is 1. The number of aryl methyl sites for hydroxylation is 1. The van der Waals surface area contributed by atoms with Crippen molar-refractivity contribution >= 4 is 31.9 Å². The van der Waals surface area contributed by atoms with Crippen molar-refractivity contribution in [2.45, 2.75) is 37.9 Å². The largest absolute Gasteiger partial charge is 0.0876 e. The molecular formula is C12H16Br2. The number of hydrogen-bond donors (Lipinski definition) is 0. The molecule has 1 aromatic rings. The zero-order valence-corrected chi connectivity index (χ0v) is 11.7. The summed E-state index contributed by atoms with van der Waals surface area (Å²) < 4.78 is 1.17. The van der Waals surface area contributed by atoms with Gasteiger partial charge in [0.25, 0.3) is 0 Å². The van der Waals surface area contributed by atoms with Crippen LogP contribution < -0.4 is 0 Å². The standard InChI is InChI=1S/C12H16Br2/c1-2-3-4-5-10-6-7-12(14)8-11(10)9-13/h6-8H,2-5,9H2,1H3. The Labute approximate surface area is 103 Å². The SMILES string of the molecule is CCCCCc1ccc(Br)cc1CBr. The Morgan fingerprint density at radius 1 is 1.14 bits per heavy atom. The summed E-state index contributed by atoms with van der Waals surface area (Å²) in [4.78, 5) is 0. The Bertz CT molecular complexity index is 282. The van der Waals surface area contributed by atoms with Crippen LogP contribution in [0.1, 0.15) is 37.3 Å². The lowest BCUT2D eigenvalue weighted by Gasteiger charge is -2.07. The van der Waals surface area contributed by atoms with Crippen molar-refractivity contribution in [2.24, 2.45) is 0 Å². The molecule has 1 aromatic carbocycles. The normalized spacial score (nSPS) is 10.5. The molecule has 0 atom stereocenters. The first-order valence-electron chi connectivity index (χ1n) is 5.11. The van der Waals surface area contributed by atoms with Crippen LogP contribution in [-0.2, 0) is 11.8 Å². The zero-order chi connectivity index (χ0) is 10.4. The van der Waals surface area contributed by atoms with Crippen LogP contribution in [0.3, 0.4) is 0 Å². The first-order chi connectivity index (χ1) is 6.77. The van der Waals surface area contributed by atoms with E-state index in [1.165, 1.54) is 41.3 Å². The second kappa shape index (κ2) is 6.62. The lowest BCUT2D eigenvalue weighted by Crippen LogP contribution is -1.92. The average molecular weight is 320 g/mol. The molecule has 0 N–H and O–H groups in total. The van der Waals surface area contributed by atoms with Gasteiger partial charge in [0.1, 0.15) is 0 Å². The number of hydrogen-bond acceptors (Lipinski definition) is 0. The van der Waals surface area contributed by atoms with Gasteiger partial charge in [0.05, 0.1) is 0 Å². The highest BCUT2D eigenvalue weighted by Gasteiger charge is 2.01. The van der Waals surface area contributed by atoms with Gasteiger partial charge in [-0.3, -0.25) is 0 Å². The highest BCUT2D eigenvalue weighted by atomic mass is 79.9. The smallest absolute Gasteiger partial charge is 0.0286 e. The molecule has 0 fully saturated rings. The third kappa shape index (κ3) is 3.74. The summed E-state index contributed by atoms with van der Waals surface area (Å²) in [5.74, 6) is 0. The van der Waals surface area contributed by atoms with Gasteiger partial charge in [-0.25, -0.2) is 0 Å². The van der Waals surface area contributed by atoms with Crippen molar-refractivity contribution in [1.82, 2.24) is 0 Å². The number of unbranched alkanes of at least 4 members (excludes halogenated alkanes) is 2. The molecule has 0 saturated carbocycles. The van der Waals surface area contributed by atoms with Crippen LogP contribution >= 0.6 is 31.9 Å². The fourth-order valence-electron chi connectivity index (χ4n) is 1.53. The van der Waals surface area contributed by atoms with E-state index in [0.717, 1.165) is 5.33 Å². The van der Waals surface area contributed by atoms with Gasteiger partial charge in [-0.2, -0.15) is 0 Å². The van der Waals surface area contributed by atoms with Crippen molar-refractivity contribution in [3.8, 4) is 0 Å². The molecule has 0 aliphatic rings. The number of rotatable bonds is 5. The lowest BCUT2D eigenvalue weighted by atomic mass is 10.0. The van der Waals surface area contributed by atoms with Crippen LogP contribution in [0.15, 0.2) is 22.7 Å². The van der Waals surface area contributed by atoms with Gasteiger partial charge in [0.15, 0.2) is 0 Å². The van der Waals surface area contributed by atoms with Crippen molar-refractivity contribution < 1.29 is 0 Å². The van der Waals surface area contributed by atoms with Gasteiger partial charge in [0.2, 0.25) is 0 Å². The van der Waals surface area contributed by atoms with Gasteiger partial charge in [-0.1, -0.05) is 57.7 Å². The van der Waals surface area contributed by atoms with E-state index in [-0.39, 0.29) is 0 Å². The van der Waals surface area contributed by atoms with Gasteiger partial charge in [-0.05, 0) is 36.1 Å². The molecule has 0 nitrogen and oxygen atoms in total. The number of halogens is 2. The molecule has 78 valence electrons. The van der Waals surface area contributed by atoms with Gasteiger partial charge in [0, 0.05) is 9.80 Å². The van der Waals surface area contributed by atoms with Crippen molar-refractivity contribution in [3.63, 3.8) is 0 Å². The van der Waals surface area contributed by atoms with E-state index < -0.39 is 0 Å². The van der Waals surface area contributed by atoms with E-state index in [9.17, 15) is 0 Å². The molecule has 0 radical (unpaired) electrons. The summed E-state index contributed by atoms with van der Waals surface area (Å²) in [6, 6.07) is 6.57. The maximum atomic E-state index is 3.53. The van der Waals surface area contributed by atoms with E-state index in [4.69, 9.17) is 0 Å². The maximum Gasteiger partial charge on any atom is 0.0286 e. The summed E-state index contributed by atoms with van der Waals surface area (Å²) in [5, 5.41) is 0.952. The summed E-state index contributed by atoms with van der Waals surface area (Å²) in [5.41, 5.74) is 2.90. The highest BCUT2D eigenvalue weighted by Crippen LogP contribution is 2.20. The Hall–Kier alpha value is 0.180. The molecule has 0 spiro atoms. The molecule has 0 aromatic heterocycles. The molecule has 1 rings (SSSR count). The van der Waals surface area contributed by atoms with Crippen molar-refractivity contribution in [2.75, 3.05) is 0 Å². The molecule has 0 heterocycles. The summed E-state index contributed by atoms with van der Waals surface area (Å²) in [6.45, 7) is 2.24. The monoisotopic (exact) mass is 318 g/mol. The molecule has 0 aliphatic carbocycles. The van der Waals surface area contributed by atoms with Crippen LogP contribution in [0.2, 0.25) is 0 Å². The van der Waals surface area contributed by atoms with E-state index in [0.29, 0.717) is 0 Å². The van der Waals surface area contributed by atoms with E-state index in [2.05, 4.69) is 57.0 Å². The molecular weight excluding hydrogens is 304 g/mol. The van der Waals surface area contributed by atoms with Crippen molar-refractivity contribution in [1.29, 1.82) is 0 Å². The van der Waals surface area contributed by atoms with Crippen LogP contribution in [-0.4, -0.2) is 0 Å². The summed E-state index contributed by atoms with van der Waals surface area (Å²) in [6.07, 6.45) is 5.14. The predicted molar refractivity (Wildman–Crippen MR) is 70.0 cm³/mol. The third-order valence-electron chi connectivity index (χ3n) is 2.36.